The van der Waals surface area contributed by atoms with Crippen LogP contribution in [-0.2, 0) is 35.3 Å². The number of hydrogen-bond acceptors (Lipinski definition) is 11. The summed E-state index contributed by atoms with van der Waals surface area (Å²) in [4.78, 5) is 81.9. The molecule has 0 aliphatic carbocycles. The lowest BCUT2D eigenvalue weighted by molar-refractivity contribution is -0.146. The predicted molar refractivity (Wildman–Crippen MR) is 172 cm³/mol. The van der Waals surface area contributed by atoms with Crippen molar-refractivity contribution >= 4 is 63.9 Å². The lowest BCUT2D eigenvalue weighted by Crippen LogP contribution is -2.49. The molecule has 1 saturated heterocycles. The van der Waals surface area contributed by atoms with Crippen molar-refractivity contribution in [2.24, 2.45) is 10.9 Å². The number of rotatable bonds is 19. The fraction of sp³-hybridized carbons (Fsp3) is 0.586. The van der Waals surface area contributed by atoms with Crippen molar-refractivity contribution in [1.29, 1.82) is 0 Å². The average Bonchev–Trinajstić information content (AvgIpc) is 3.32. The van der Waals surface area contributed by atoms with E-state index in [2.05, 4.69) is 32.6 Å². The maximum Gasteiger partial charge on any atom is 0.327 e. The summed E-state index contributed by atoms with van der Waals surface area (Å²) in [6, 6.07) is -0.341. The number of ether oxygens (including phenoxy) is 1. The zero-order chi connectivity index (χ0) is 35.1. The minimum atomic E-state index is -3.06. The van der Waals surface area contributed by atoms with Gasteiger partial charge in [-0.25, -0.2) is 13.6 Å². The molecule has 3 atom stereocenters. The Hall–Kier alpha value is -3.80. The second-order valence-corrected chi connectivity index (χ2v) is 13.6. The second kappa shape index (κ2) is 19.1. The number of alkyl halides is 2. The molecule has 0 bridgehead atoms. The van der Waals surface area contributed by atoms with Gasteiger partial charge in [0.15, 0.2) is 0 Å². The molecule has 1 aromatic rings. The van der Waals surface area contributed by atoms with E-state index in [1.807, 2.05) is 0 Å². The van der Waals surface area contributed by atoms with Crippen LogP contribution in [0.1, 0.15) is 56.1 Å². The zero-order valence-corrected chi connectivity index (χ0v) is 28.0. The van der Waals surface area contributed by atoms with Crippen molar-refractivity contribution in [1.82, 2.24) is 25.8 Å². The number of esters is 1. The molecule has 1 unspecified atom stereocenters. The SMILES string of the molecule is C=NC[C@@H]1CC(F)(F)CN1C(=O)[C@@H](C)NC(=O)c1ccnc(CNC(=O)CCC(=O)NC(CSSCCOC(=O)C(C)C)C(=O)O)c1. The van der Waals surface area contributed by atoms with E-state index in [9.17, 15) is 42.7 Å². The van der Waals surface area contributed by atoms with Gasteiger partial charge in [-0.3, -0.25) is 33.9 Å². The van der Waals surface area contributed by atoms with Gasteiger partial charge in [-0.05, 0) is 25.8 Å². The molecule has 4 amide bonds. The third-order valence-corrected chi connectivity index (χ3v) is 9.05. The van der Waals surface area contributed by atoms with Gasteiger partial charge in [0, 0.05) is 42.5 Å². The summed E-state index contributed by atoms with van der Waals surface area (Å²) >= 11 is 0. The highest BCUT2D eigenvalue weighted by molar-refractivity contribution is 8.76. The standard InChI is InChI=1S/C29H40F2N6O8S2/c1-17(2)28(44)45-9-10-46-47-15-22(27(42)43)36-24(39)6-5-23(38)34-13-20-11-19(7-8-33-20)25(40)35-18(3)26(41)37-16-29(30,31)12-21(37)14-32-4/h7-8,11,17-18,21-22H,4-6,9-10,12-16H2,1-3H3,(H,34,38)(H,35,40)(H,36,39)(H,42,43)/t18-,21+,22?/m1/s1. The van der Waals surface area contributed by atoms with Crippen LogP contribution in [0.25, 0.3) is 0 Å². The van der Waals surface area contributed by atoms with Crippen molar-refractivity contribution in [2.75, 3.05) is 31.2 Å². The first kappa shape index (κ1) is 39.4. The number of likely N-dealkylation sites (tertiary alicyclic amines) is 1. The zero-order valence-electron chi connectivity index (χ0n) is 26.3. The Kier molecular flexibility index (Phi) is 16.0. The number of nitrogens with zero attached hydrogens (tertiary/aromatic N) is 3. The Morgan fingerprint density at radius 3 is 2.51 bits per heavy atom. The van der Waals surface area contributed by atoms with E-state index in [4.69, 9.17) is 4.74 Å². The first-order valence-corrected chi connectivity index (χ1v) is 17.2. The minimum absolute atomic E-state index is 0.0474. The van der Waals surface area contributed by atoms with Crippen LogP contribution >= 0.6 is 21.6 Å². The van der Waals surface area contributed by atoms with E-state index in [0.29, 0.717) is 11.4 Å². The highest BCUT2D eigenvalue weighted by Gasteiger charge is 2.47. The summed E-state index contributed by atoms with van der Waals surface area (Å²) in [6.07, 6.45) is 0.278. The smallest absolute Gasteiger partial charge is 0.327 e. The Balaban J connectivity index is 1.77. The van der Waals surface area contributed by atoms with Crippen molar-refractivity contribution in [2.45, 2.75) is 70.6 Å². The Morgan fingerprint density at radius 2 is 1.85 bits per heavy atom. The molecule has 0 aromatic carbocycles. The van der Waals surface area contributed by atoms with E-state index in [-0.39, 0.29) is 55.7 Å². The molecule has 18 heteroatoms. The molecule has 260 valence electrons. The Labute approximate surface area is 279 Å². The van der Waals surface area contributed by atoms with Crippen LogP contribution in [0.15, 0.2) is 23.3 Å². The molecule has 1 aliphatic rings. The number of carboxylic acids is 1. The van der Waals surface area contributed by atoms with E-state index in [1.165, 1.54) is 46.8 Å². The summed E-state index contributed by atoms with van der Waals surface area (Å²) in [5.74, 6) is -6.83. The molecular formula is C29H40F2N6O8S2. The van der Waals surface area contributed by atoms with Gasteiger partial charge >= 0.3 is 11.9 Å². The number of pyridine rings is 1. The molecule has 0 radical (unpaired) electrons. The third-order valence-electron chi connectivity index (χ3n) is 6.68. The number of aliphatic carboxylic acids is 1. The fourth-order valence-electron chi connectivity index (χ4n) is 4.24. The summed E-state index contributed by atoms with van der Waals surface area (Å²) in [5, 5.41) is 16.8. The molecule has 1 aliphatic heterocycles. The molecule has 2 rings (SSSR count). The maximum absolute atomic E-state index is 13.9. The van der Waals surface area contributed by atoms with Crippen LogP contribution in [-0.4, -0.2) is 113 Å². The highest BCUT2D eigenvalue weighted by atomic mass is 33.1. The summed E-state index contributed by atoms with van der Waals surface area (Å²) in [7, 11) is 2.50. The van der Waals surface area contributed by atoms with Crippen LogP contribution in [0, 0.1) is 5.92 Å². The lowest BCUT2D eigenvalue weighted by Gasteiger charge is -2.26. The Morgan fingerprint density at radius 1 is 1.15 bits per heavy atom. The van der Waals surface area contributed by atoms with Gasteiger partial charge in [0.2, 0.25) is 17.7 Å². The van der Waals surface area contributed by atoms with Crippen LogP contribution in [0.2, 0.25) is 0 Å². The van der Waals surface area contributed by atoms with Gasteiger partial charge in [0.05, 0.1) is 37.3 Å². The number of halogens is 2. The van der Waals surface area contributed by atoms with Gasteiger partial charge in [0.25, 0.3) is 11.8 Å². The van der Waals surface area contributed by atoms with Gasteiger partial charge in [-0.15, -0.1) is 0 Å². The number of amides is 4. The minimum Gasteiger partial charge on any atom is -0.480 e. The van der Waals surface area contributed by atoms with Gasteiger partial charge < -0.3 is 30.7 Å². The normalized spacial score (nSPS) is 16.6. The molecule has 1 fully saturated rings. The molecule has 1 aromatic heterocycles. The maximum atomic E-state index is 13.9. The second-order valence-electron chi connectivity index (χ2n) is 11.0. The molecule has 0 spiro atoms. The van der Waals surface area contributed by atoms with Crippen molar-refractivity contribution in [3.05, 3.63) is 29.6 Å². The van der Waals surface area contributed by atoms with E-state index in [0.717, 1.165) is 4.90 Å². The Bertz CT molecular complexity index is 1300. The number of hydrogen-bond donors (Lipinski definition) is 4. The highest BCUT2D eigenvalue weighted by Crippen LogP contribution is 2.32. The number of carbonyl (C=O) groups excluding carboxylic acids is 5. The number of aromatic nitrogens is 1. The molecule has 14 nitrogen and oxygen atoms in total. The van der Waals surface area contributed by atoms with Gasteiger partial charge in [-0.2, -0.15) is 0 Å². The van der Waals surface area contributed by atoms with E-state index >= 15 is 0 Å². The van der Waals surface area contributed by atoms with Crippen LogP contribution in [0.5, 0.6) is 0 Å². The topological polar surface area (TPSA) is 196 Å². The average molecular weight is 703 g/mol. The molecule has 4 N–H and O–H groups in total. The summed E-state index contributed by atoms with van der Waals surface area (Å²) in [6.45, 7) is 7.40. The summed E-state index contributed by atoms with van der Waals surface area (Å²) < 4.78 is 32.9. The van der Waals surface area contributed by atoms with Crippen LogP contribution < -0.4 is 16.0 Å². The number of nitrogens with one attached hydrogen (secondary N) is 3. The lowest BCUT2D eigenvalue weighted by atomic mass is 10.1. The van der Waals surface area contributed by atoms with Crippen molar-refractivity contribution < 1.29 is 47.4 Å². The van der Waals surface area contributed by atoms with Crippen LogP contribution in [0.3, 0.4) is 0 Å². The first-order valence-electron chi connectivity index (χ1n) is 14.7. The molecule has 47 heavy (non-hydrogen) atoms. The number of carboxylic acid groups (broad SMARTS) is 1. The largest absolute Gasteiger partial charge is 0.480 e. The summed E-state index contributed by atoms with van der Waals surface area (Å²) in [5.41, 5.74) is 0.414. The first-order chi connectivity index (χ1) is 22.1. The van der Waals surface area contributed by atoms with Gasteiger partial charge in [-0.1, -0.05) is 35.4 Å². The van der Waals surface area contributed by atoms with Crippen molar-refractivity contribution in [3.63, 3.8) is 0 Å². The number of carbonyl (C=O) groups is 6. The van der Waals surface area contributed by atoms with E-state index < -0.39 is 66.6 Å². The monoisotopic (exact) mass is 702 g/mol. The fourth-order valence-corrected chi connectivity index (χ4v) is 6.22. The predicted octanol–water partition coefficient (Wildman–Crippen LogP) is 1.68. The molecule has 0 saturated carbocycles. The molecular weight excluding hydrogens is 662 g/mol. The van der Waals surface area contributed by atoms with E-state index in [1.54, 1.807) is 13.8 Å². The quantitative estimate of drug-likeness (QED) is 0.0709. The molecule has 2 heterocycles. The van der Waals surface area contributed by atoms with Crippen molar-refractivity contribution in [3.8, 4) is 0 Å². The third kappa shape index (κ3) is 13.8. The number of aliphatic imine (C=N–C) groups is 1. The van der Waals surface area contributed by atoms with Gasteiger partial charge in [0.1, 0.15) is 18.7 Å². The van der Waals surface area contributed by atoms with Crippen LogP contribution in [0.4, 0.5) is 8.78 Å².